The zero-order chi connectivity index (χ0) is 27.9. The van der Waals surface area contributed by atoms with E-state index in [0.717, 1.165) is 17.5 Å². The Balaban J connectivity index is 1.24. The lowest BCUT2D eigenvalue weighted by Gasteiger charge is -2.31. The number of carbonyl (C=O) groups excluding carboxylic acids is 3. The van der Waals surface area contributed by atoms with E-state index in [1.165, 1.54) is 11.8 Å². The van der Waals surface area contributed by atoms with Gasteiger partial charge in [-0.2, -0.15) is 4.99 Å². The van der Waals surface area contributed by atoms with Crippen LogP contribution >= 0.6 is 11.8 Å². The molecule has 40 heavy (non-hydrogen) atoms. The number of thioether (sulfide) groups is 1. The molecule has 2 N–H and O–H groups in total. The number of rotatable bonds is 10. The van der Waals surface area contributed by atoms with Crippen LogP contribution in [0.2, 0.25) is 0 Å². The van der Waals surface area contributed by atoms with Gasteiger partial charge in [-0.05, 0) is 42.7 Å². The summed E-state index contributed by atoms with van der Waals surface area (Å²) in [4.78, 5) is 49.3. The lowest BCUT2D eigenvalue weighted by molar-refractivity contribution is -0.122. The Bertz CT molecular complexity index is 1470. The van der Waals surface area contributed by atoms with E-state index < -0.39 is 6.04 Å². The first-order chi connectivity index (χ1) is 19.5. The smallest absolute Gasteiger partial charge is 0.270 e. The fourth-order valence-corrected chi connectivity index (χ4v) is 5.40. The van der Waals surface area contributed by atoms with Crippen LogP contribution in [0.4, 0.5) is 11.4 Å². The third-order valence-electron chi connectivity index (χ3n) is 6.52. The fourth-order valence-electron chi connectivity index (χ4n) is 4.55. The van der Waals surface area contributed by atoms with Crippen LogP contribution in [0.3, 0.4) is 0 Å². The topological polar surface area (TPSA) is 112 Å². The molecule has 204 valence electrons. The number of nitrogens with one attached hydrogen (secondary N) is 2. The molecule has 1 unspecified atom stereocenters. The number of methoxy groups -OCH3 is 1. The predicted molar refractivity (Wildman–Crippen MR) is 157 cm³/mol. The molecule has 2 aliphatic rings. The molecule has 0 saturated heterocycles. The van der Waals surface area contributed by atoms with Crippen LogP contribution in [0.25, 0.3) is 0 Å². The fraction of sp³-hybridized carbons (Fsp3) is 0.233. The maximum absolute atomic E-state index is 13.0. The van der Waals surface area contributed by atoms with E-state index in [0.29, 0.717) is 34.7 Å². The number of ether oxygens (including phenoxy) is 1. The van der Waals surface area contributed by atoms with Crippen molar-refractivity contribution < 1.29 is 19.1 Å². The van der Waals surface area contributed by atoms with Crippen molar-refractivity contribution in [3.8, 4) is 5.75 Å². The van der Waals surface area contributed by atoms with Crippen molar-refractivity contribution in [3.63, 3.8) is 0 Å². The van der Waals surface area contributed by atoms with Gasteiger partial charge >= 0.3 is 0 Å². The van der Waals surface area contributed by atoms with Gasteiger partial charge in [-0.1, -0.05) is 60.3 Å². The lowest BCUT2D eigenvalue weighted by Crippen LogP contribution is -2.44. The van der Waals surface area contributed by atoms with E-state index in [2.05, 4.69) is 15.6 Å². The van der Waals surface area contributed by atoms with Gasteiger partial charge in [0.25, 0.3) is 5.91 Å². The molecule has 1 atom stereocenters. The van der Waals surface area contributed by atoms with Crippen molar-refractivity contribution in [2.75, 3.05) is 24.7 Å². The Labute approximate surface area is 236 Å². The summed E-state index contributed by atoms with van der Waals surface area (Å²) in [5.74, 6) is 0.542. The first-order valence-electron chi connectivity index (χ1n) is 13.0. The number of nitrogens with zero attached hydrogens (tertiary/aromatic N) is 3. The van der Waals surface area contributed by atoms with Gasteiger partial charge in [-0.3, -0.25) is 19.3 Å². The Morgan fingerprint density at radius 2 is 1.77 bits per heavy atom. The van der Waals surface area contributed by atoms with Crippen LogP contribution in [0.5, 0.6) is 5.75 Å². The Kier molecular flexibility index (Phi) is 8.56. The summed E-state index contributed by atoms with van der Waals surface area (Å²) in [7, 11) is 1.57. The standard InChI is InChI=1S/C30H29N5O4S/c1-39-22-11-7-10-21(18-22)32-27(37)19-40-30-33-24-13-6-5-12-23(24)28-34-29(38)25(35(28)30)14-15-26(36)31-17-16-20-8-3-2-4-9-20/h2-13,18,25H,14-17,19H2,1H3,(H,31,36)(H,32,37). The van der Waals surface area contributed by atoms with Crippen molar-refractivity contribution in [1.29, 1.82) is 0 Å². The number of para-hydroxylation sites is 1. The first kappa shape index (κ1) is 27.1. The highest BCUT2D eigenvalue weighted by Gasteiger charge is 2.41. The van der Waals surface area contributed by atoms with Crippen LogP contribution in [-0.4, -0.2) is 59.1 Å². The van der Waals surface area contributed by atoms with Crippen LogP contribution in [0, 0.1) is 0 Å². The monoisotopic (exact) mass is 555 g/mol. The third kappa shape index (κ3) is 6.40. The number of fused-ring (bicyclic) bond motifs is 3. The molecule has 10 heteroatoms. The molecule has 2 heterocycles. The molecule has 3 amide bonds. The van der Waals surface area contributed by atoms with Crippen molar-refractivity contribution in [1.82, 2.24) is 10.2 Å². The Morgan fingerprint density at radius 1 is 0.975 bits per heavy atom. The molecular weight excluding hydrogens is 526 g/mol. The lowest BCUT2D eigenvalue weighted by atomic mass is 10.1. The maximum atomic E-state index is 13.0. The van der Waals surface area contributed by atoms with Crippen LogP contribution < -0.4 is 15.4 Å². The second kappa shape index (κ2) is 12.6. The summed E-state index contributed by atoms with van der Waals surface area (Å²) >= 11 is 1.23. The maximum Gasteiger partial charge on any atom is 0.270 e. The average molecular weight is 556 g/mol. The summed E-state index contributed by atoms with van der Waals surface area (Å²) in [5, 5.41) is 6.30. The van der Waals surface area contributed by atoms with Crippen LogP contribution in [0.15, 0.2) is 88.8 Å². The highest BCUT2D eigenvalue weighted by atomic mass is 32.2. The molecule has 5 rings (SSSR count). The zero-order valence-corrected chi connectivity index (χ0v) is 22.8. The van der Waals surface area contributed by atoms with Crippen molar-refractivity contribution >= 4 is 51.9 Å². The van der Waals surface area contributed by atoms with Crippen molar-refractivity contribution in [3.05, 3.63) is 90.0 Å². The van der Waals surface area contributed by atoms with Crippen molar-refractivity contribution in [2.45, 2.75) is 25.3 Å². The molecule has 0 fully saturated rings. The van der Waals surface area contributed by atoms with Crippen LogP contribution in [0.1, 0.15) is 24.0 Å². The average Bonchev–Trinajstić information content (AvgIpc) is 3.31. The molecule has 0 aromatic heterocycles. The van der Waals surface area contributed by atoms with Gasteiger partial charge < -0.3 is 15.4 Å². The molecule has 3 aromatic rings. The minimum Gasteiger partial charge on any atom is -0.497 e. The second-order valence-corrected chi connectivity index (χ2v) is 10.2. The molecule has 0 bridgehead atoms. The molecule has 0 saturated carbocycles. The Hall–Kier alpha value is -4.44. The molecule has 0 radical (unpaired) electrons. The third-order valence-corrected chi connectivity index (χ3v) is 7.47. The number of benzene rings is 3. The summed E-state index contributed by atoms with van der Waals surface area (Å²) in [6, 6.07) is 23.8. The molecular formula is C30H29N5O4S. The number of amidine groups is 2. The van der Waals surface area contributed by atoms with E-state index in [1.807, 2.05) is 54.6 Å². The van der Waals surface area contributed by atoms with E-state index in [9.17, 15) is 14.4 Å². The Morgan fingerprint density at radius 3 is 2.60 bits per heavy atom. The van der Waals surface area contributed by atoms with E-state index in [4.69, 9.17) is 9.73 Å². The number of anilines is 1. The molecule has 0 spiro atoms. The van der Waals surface area contributed by atoms with Gasteiger partial charge in [0.1, 0.15) is 17.6 Å². The predicted octanol–water partition coefficient (Wildman–Crippen LogP) is 4.16. The largest absolute Gasteiger partial charge is 0.497 e. The summed E-state index contributed by atoms with van der Waals surface area (Å²) in [6.45, 7) is 0.519. The van der Waals surface area contributed by atoms with Gasteiger partial charge in [0.2, 0.25) is 11.8 Å². The quantitative estimate of drug-likeness (QED) is 0.389. The first-order valence-corrected chi connectivity index (χ1v) is 14.0. The van der Waals surface area contributed by atoms with Gasteiger partial charge in [0, 0.05) is 30.3 Å². The van der Waals surface area contributed by atoms with Crippen molar-refractivity contribution in [2.24, 2.45) is 9.98 Å². The highest BCUT2D eigenvalue weighted by molar-refractivity contribution is 8.14. The SMILES string of the molecule is COc1cccc(NC(=O)CSC2=Nc3ccccc3C3=NC(=O)C(CCC(=O)NCCc4ccccc4)N23)c1. The molecule has 0 aliphatic carbocycles. The number of amides is 3. The van der Waals surface area contributed by atoms with Gasteiger partial charge in [-0.25, -0.2) is 4.99 Å². The zero-order valence-electron chi connectivity index (χ0n) is 22.0. The normalized spacial score (nSPS) is 15.5. The van der Waals surface area contributed by atoms with E-state index in [-0.39, 0.29) is 36.3 Å². The van der Waals surface area contributed by atoms with Gasteiger partial charge in [0.05, 0.1) is 18.6 Å². The number of aliphatic imine (C=N–C) groups is 2. The van der Waals surface area contributed by atoms with Gasteiger partial charge in [0.15, 0.2) is 5.17 Å². The number of hydrogen-bond acceptors (Lipinski definition) is 7. The number of hydrogen-bond donors (Lipinski definition) is 2. The summed E-state index contributed by atoms with van der Waals surface area (Å²) in [5.41, 5.74) is 3.19. The molecule has 2 aliphatic heterocycles. The highest BCUT2D eigenvalue weighted by Crippen LogP contribution is 2.35. The second-order valence-electron chi connectivity index (χ2n) is 9.26. The molecule has 9 nitrogen and oxygen atoms in total. The minimum atomic E-state index is -0.670. The van der Waals surface area contributed by atoms with E-state index in [1.54, 1.807) is 36.3 Å². The summed E-state index contributed by atoms with van der Waals surface area (Å²) in [6.07, 6.45) is 1.18. The van der Waals surface area contributed by atoms with E-state index >= 15 is 0 Å². The number of carbonyl (C=O) groups is 3. The summed E-state index contributed by atoms with van der Waals surface area (Å²) < 4.78 is 5.22. The van der Waals surface area contributed by atoms with Gasteiger partial charge in [-0.15, -0.1) is 0 Å². The molecule has 3 aromatic carbocycles. The minimum absolute atomic E-state index is 0.0723. The van der Waals surface area contributed by atoms with Crippen LogP contribution in [-0.2, 0) is 20.8 Å².